The van der Waals surface area contributed by atoms with Gasteiger partial charge in [0.1, 0.15) is 17.9 Å². The standard InChI is InChI=1S/C17H15F4NO3/c18-13(10-22)9-11-1-5-14(6-2-11)24-16(23)12-3-7-15(8-4-12)25-17(19,20)21/h3-4,7-9,11,14H,1-2,5-6H2/t11-,14-. The van der Waals surface area contributed by atoms with Crippen LogP contribution >= 0.6 is 0 Å². The van der Waals surface area contributed by atoms with Crippen molar-refractivity contribution in [2.75, 3.05) is 0 Å². The van der Waals surface area contributed by atoms with Crippen molar-refractivity contribution in [2.45, 2.75) is 38.1 Å². The summed E-state index contributed by atoms with van der Waals surface area (Å²) in [6.45, 7) is 0. The van der Waals surface area contributed by atoms with E-state index in [1.54, 1.807) is 0 Å². The Labute approximate surface area is 141 Å². The molecule has 0 aliphatic heterocycles. The number of ether oxygens (including phenoxy) is 2. The number of benzene rings is 1. The minimum atomic E-state index is -4.79. The molecule has 1 saturated carbocycles. The van der Waals surface area contributed by atoms with E-state index in [1.165, 1.54) is 24.3 Å². The van der Waals surface area contributed by atoms with Crippen LogP contribution in [0, 0.1) is 17.2 Å². The minimum Gasteiger partial charge on any atom is -0.459 e. The van der Waals surface area contributed by atoms with Crippen LogP contribution in [0.2, 0.25) is 0 Å². The molecule has 1 aromatic rings. The van der Waals surface area contributed by atoms with Gasteiger partial charge in [-0.3, -0.25) is 0 Å². The Bertz CT molecular complexity index is 669. The number of rotatable bonds is 4. The van der Waals surface area contributed by atoms with Crippen molar-refractivity contribution in [1.29, 1.82) is 5.26 Å². The lowest BCUT2D eigenvalue weighted by molar-refractivity contribution is -0.274. The average molecular weight is 357 g/mol. The molecular formula is C17H15F4NO3. The topological polar surface area (TPSA) is 59.3 Å². The monoisotopic (exact) mass is 357 g/mol. The molecule has 1 fully saturated rings. The lowest BCUT2D eigenvalue weighted by Crippen LogP contribution is -2.24. The first-order valence-corrected chi connectivity index (χ1v) is 7.61. The van der Waals surface area contributed by atoms with Crippen LogP contribution in [0.4, 0.5) is 17.6 Å². The quantitative estimate of drug-likeness (QED) is 0.446. The van der Waals surface area contributed by atoms with Gasteiger partial charge in [0.2, 0.25) is 0 Å². The van der Waals surface area contributed by atoms with Gasteiger partial charge in [-0.25, -0.2) is 4.79 Å². The highest BCUT2D eigenvalue weighted by atomic mass is 19.4. The SMILES string of the molecule is N#CC(F)=C[C@H]1CC[C@H](OC(=O)c2ccc(OC(F)(F)F)cc2)CC1. The molecule has 0 amide bonds. The number of nitrogens with zero attached hydrogens (tertiary/aromatic N) is 1. The maximum atomic E-state index is 12.9. The van der Waals surface area contributed by atoms with Crippen LogP contribution in [0.3, 0.4) is 0 Å². The van der Waals surface area contributed by atoms with E-state index in [1.807, 2.05) is 0 Å². The molecule has 25 heavy (non-hydrogen) atoms. The Hall–Kier alpha value is -2.56. The predicted octanol–water partition coefficient (Wildman–Crippen LogP) is 4.68. The molecule has 0 atom stereocenters. The normalized spacial score (nSPS) is 21.3. The minimum absolute atomic E-state index is 0.0617. The highest BCUT2D eigenvalue weighted by Crippen LogP contribution is 2.29. The molecule has 0 spiro atoms. The van der Waals surface area contributed by atoms with Gasteiger partial charge in [-0.05, 0) is 61.9 Å². The number of nitriles is 1. The zero-order chi connectivity index (χ0) is 18.4. The van der Waals surface area contributed by atoms with Crippen molar-refractivity contribution < 1.29 is 31.8 Å². The highest BCUT2D eigenvalue weighted by Gasteiger charge is 2.31. The summed E-state index contributed by atoms with van der Waals surface area (Å²) in [6.07, 6.45) is -1.62. The Kier molecular flexibility index (Phi) is 6.02. The number of carbonyl (C=O) groups excluding carboxylic acids is 1. The lowest BCUT2D eigenvalue weighted by atomic mass is 9.87. The van der Waals surface area contributed by atoms with E-state index in [-0.39, 0.29) is 17.6 Å². The molecule has 1 aliphatic rings. The van der Waals surface area contributed by atoms with Gasteiger partial charge in [0.25, 0.3) is 0 Å². The second-order valence-electron chi connectivity index (χ2n) is 5.64. The molecule has 0 radical (unpaired) electrons. The maximum absolute atomic E-state index is 12.9. The second kappa shape index (κ2) is 8.01. The first-order chi connectivity index (χ1) is 11.8. The van der Waals surface area contributed by atoms with Crippen molar-refractivity contribution in [3.05, 3.63) is 41.7 Å². The van der Waals surface area contributed by atoms with Gasteiger partial charge in [0, 0.05) is 0 Å². The summed E-state index contributed by atoms with van der Waals surface area (Å²) >= 11 is 0. The van der Waals surface area contributed by atoms with Crippen molar-refractivity contribution in [2.24, 2.45) is 5.92 Å². The zero-order valence-corrected chi connectivity index (χ0v) is 13.1. The molecule has 0 aromatic heterocycles. The molecule has 1 aliphatic carbocycles. The third-order valence-electron chi connectivity index (χ3n) is 3.81. The molecule has 0 heterocycles. The molecule has 0 bridgehead atoms. The fourth-order valence-corrected chi connectivity index (χ4v) is 2.63. The van der Waals surface area contributed by atoms with Crippen LogP contribution in [0.1, 0.15) is 36.0 Å². The molecule has 2 rings (SSSR count). The first-order valence-electron chi connectivity index (χ1n) is 7.61. The summed E-state index contributed by atoms with van der Waals surface area (Å²) in [6, 6.07) is 5.89. The van der Waals surface area contributed by atoms with Gasteiger partial charge in [-0.2, -0.15) is 9.65 Å². The van der Waals surface area contributed by atoms with Crippen molar-refractivity contribution in [3.8, 4) is 11.8 Å². The van der Waals surface area contributed by atoms with Gasteiger partial charge >= 0.3 is 12.3 Å². The van der Waals surface area contributed by atoms with Crippen LogP contribution in [-0.2, 0) is 4.74 Å². The van der Waals surface area contributed by atoms with Gasteiger partial charge in [0.05, 0.1) is 5.56 Å². The number of esters is 1. The van der Waals surface area contributed by atoms with Crippen LogP contribution in [-0.4, -0.2) is 18.4 Å². The molecule has 4 nitrogen and oxygen atoms in total. The Morgan fingerprint density at radius 3 is 2.28 bits per heavy atom. The van der Waals surface area contributed by atoms with Gasteiger partial charge in [-0.1, -0.05) is 0 Å². The summed E-state index contributed by atoms with van der Waals surface area (Å²) in [5.41, 5.74) is 0.118. The molecular weight excluding hydrogens is 342 g/mol. The summed E-state index contributed by atoms with van der Waals surface area (Å²) < 4.78 is 58.2. The van der Waals surface area contributed by atoms with E-state index in [9.17, 15) is 22.4 Å². The zero-order valence-electron chi connectivity index (χ0n) is 13.1. The summed E-state index contributed by atoms with van der Waals surface area (Å²) in [7, 11) is 0. The van der Waals surface area contributed by atoms with E-state index in [2.05, 4.69) is 4.74 Å². The molecule has 0 saturated heterocycles. The Morgan fingerprint density at radius 1 is 1.16 bits per heavy atom. The van der Waals surface area contributed by atoms with E-state index >= 15 is 0 Å². The van der Waals surface area contributed by atoms with Gasteiger partial charge in [-0.15, -0.1) is 13.2 Å². The number of carbonyl (C=O) groups is 1. The van der Waals surface area contributed by atoms with Gasteiger partial charge in [0.15, 0.2) is 5.83 Å². The fraction of sp³-hybridized carbons (Fsp3) is 0.412. The third kappa shape index (κ3) is 6.10. The fourth-order valence-electron chi connectivity index (χ4n) is 2.63. The molecule has 0 N–H and O–H groups in total. The van der Waals surface area contributed by atoms with Crippen molar-refractivity contribution in [1.82, 2.24) is 0 Å². The van der Waals surface area contributed by atoms with E-state index < -0.39 is 23.9 Å². The molecule has 0 unspecified atom stereocenters. The average Bonchev–Trinajstić information content (AvgIpc) is 2.55. The smallest absolute Gasteiger partial charge is 0.459 e. The molecule has 134 valence electrons. The molecule has 1 aromatic carbocycles. The summed E-state index contributed by atoms with van der Waals surface area (Å²) in [5.74, 6) is -1.94. The Morgan fingerprint density at radius 2 is 1.76 bits per heavy atom. The number of alkyl halides is 3. The van der Waals surface area contributed by atoms with E-state index in [0.717, 1.165) is 12.1 Å². The number of hydrogen-bond donors (Lipinski definition) is 0. The first kappa shape index (κ1) is 18.8. The largest absolute Gasteiger partial charge is 0.573 e. The van der Waals surface area contributed by atoms with Crippen LogP contribution < -0.4 is 4.74 Å². The maximum Gasteiger partial charge on any atom is 0.573 e. The van der Waals surface area contributed by atoms with Crippen molar-refractivity contribution >= 4 is 5.97 Å². The van der Waals surface area contributed by atoms with E-state index in [4.69, 9.17) is 10.00 Å². The third-order valence-corrected chi connectivity index (χ3v) is 3.81. The van der Waals surface area contributed by atoms with Gasteiger partial charge < -0.3 is 9.47 Å². The summed E-state index contributed by atoms with van der Waals surface area (Å²) in [5, 5.41) is 8.41. The van der Waals surface area contributed by atoms with Crippen molar-refractivity contribution in [3.63, 3.8) is 0 Å². The second-order valence-corrected chi connectivity index (χ2v) is 5.64. The number of hydrogen-bond acceptors (Lipinski definition) is 4. The highest BCUT2D eigenvalue weighted by molar-refractivity contribution is 5.89. The Balaban J connectivity index is 1.86. The van der Waals surface area contributed by atoms with Crippen LogP contribution in [0.5, 0.6) is 5.75 Å². The van der Waals surface area contributed by atoms with Crippen LogP contribution in [0.15, 0.2) is 36.2 Å². The predicted molar refractivity (Wildman–Crippen MR) is 79.1 cm³/mol. The van der Waals surface area contributed by atoms with E-state index in [0.29, 0.717) is 25.7 Å². The number of allylic oxidation sites excluding steroid dienone is 2. The number of halogens is 4. The summed E-state index contributed by atoms with van der Waals surface area (Å²) in [4.78, 5) is 12.0. The van der Waals surface area contributed by atoms with Crippen LogP contribution in [0.25, 0.3) is 0 Å². The molecule has 8 heteroatoms. The lowest BCUT2D eigenvalue weighted by Gasteiger charge is -2.26.